The summed E-state index contributed by atoms with van der Waals surface area (Å²) in [7, 11) is 0. The van der Waals surface area contributed by atoms with Gasteiger partial charge in [0.15, 0.2) is 0 Å². The standard InChI is InChI=1S/C19H31N3O3/c1-14-7-8-16(25-14)15(22-10-3-4-11-22)12-20-18(24)21-17-6-5-9-19(17,2)13-23/h7-8,15,17,23H,3-6,9-13H2,1-2H3,(H2,20,21,24). The molecule has 0 spiro atoms. The maximum Gasteiger partial charge on any atom is 0.315 e. The maximum absolute atomic E-state index is 12.4. The van der Waals surface area contributed by atoms with Crippen LogP contribution in [0.1, 0.15) is 56.6 Å². The molecule has 2 heterocycles. The van der Waals surface area contributed by atoms with Gasteiger partial charge in [-0.2, -0.15) is 0 Å². The summed E-state index contributed by atoms with van der Waals surface area (Å²) in [6.07, 6.45) is 5.32. The van der Waals surface area contributed by atoms with Crippen LogP contribution in [0.5, 0.6) is 0 Å². The first-order chi connectivity index (χ1) is 12.0. The average Bonchev–Trinajstić information content (AvgIpc) is 3.32. The molecule has 3 unspecified atom stereocenters. The minimum absolute atomic E-state index is 0.0357. The van der Waals surface area contributed by atoms with Gasteiger partial charge in [-0.15, -0.1) is 0 Å². The number of furan rings is 1. The zero-order valence-electron chi connectivity index (χ0n) is 15.4. The van der Waals surface area contributed by atoms with E-state index in [2.05, 4.69) is 15.5 Å². The predicted octanol–water partition coefficient (Wildman–Crippen LogP) is 2.58. The van der Waals surface area contributed by atoms with Gasteiger partial charge in [-0.25, -0.2) is 4.79 Å². The van der Waals surface area contributed by atoms with Gasteiger partial charge in [0.2, 0.25) is 0 Å². The van der Waals surface area contributed by atoms with E-state index in [1.54, 1.807) is 0 Å². The van der Waals surface area contributed by atoms with Crippen molar-refractivity contribution in [1.29, 1.82) is 0 Å². The summed E-state index contributed by atoms with van der Waals surface area (Å²) >= 11 is 0. The van der Waals surface area contributed by atoms with Crippen LogP contribution in [0, 0.1) is 12.3 Å². The number of hydrogen-bond donors (Lipinski definition) is 3. The molecule has 0 radical (unpaired) electrons. The summed E-state index contributed by atoms with van der Waals surface area (Å²) in [4.78, 5) is 14.8. The number of amides is 2. The number of likely N-dealkylation sites (tertiary alicyclic amines) is 1. The van der Waals surface area contributed by atoms with Crippen LogP contribution in [0.4, 0.5) is 4.79 Å². The van der Waals surface area contributed by atoms with Gasteiger partial charge in [0.1, 0.15) is 11.5 Å². The third-order valence-corrected chi connectivity index (χ3v) is 5.88. The lowest BCUT2D eigenvalue weighted by atomic mass is 9.86. The molecular weight excluding hydrogens is 318 g/mol. The number of urea groups is 1. The number of nitrogens with zero attached hydrogens (tertiary/aromatic N) is 1. The summed E-state index contributed by atoms with van der Waals surface area (Å²) in [5, 5.41) is 15.7. The first-order valence-electron chi connectivity index (χ1n) is 9.47. The zero-order valence-corrected chi connectivity index (χ0v) is 15.4. The fraction of sp³-hybridized carbons (Fsp3) is 0.737. The molecule has 3 atom stereocenters. The van der Waals surface area contributed by atoms with Crippen LogP contribution in [-0.2, 0) is 0 Å². The van der Waals surface area contributed by atoms with E-state index >= 15 is 0 Å². The number of aliphatic hydroxyl groups is 1. The number of aryl methyl sites for hydroxylation is 1. The van der Waals surface area contributed by atoms with E-state index in [4.69, 9.17) is 4.42 Å². The third kappa shape index (κ3) is 4.18. The quantitative estimate of drug-likeness (QED) is 0.738. The van der Waals surface area contributed by atoms with E-state index < -0.39 is 0 Å². The number of hydrogen-bond acceptors (Lipinski definition) is 4. The maximum atomic E-state index is 12.4. The van der Waals surface area contributed by atoms with Crippen molar-refractivity contribution >= 4 is 6.03 Å². The fourth-order valence-corrected chi connectivity index (χ4v) is 4.16. The van der Waals surface area contributed by atoms with Gasteiger partial charge in [-0.05, 0) is 57.8 Å². The Morgan fingerprint density at radius 3 is 2.80 bits per heavy atom. The predicted molar refractivity (Wildman–Crippen MR) is 96.4 cm³/mol. The van der Waals surface area contributed by atoms with Crippen molar-refractivity contribution in [1.82, 2.24) is 15.5 Å². The summed E-state index contributed by atoms with van der Waals surface area (Å²) in [6.45, 7) is 6.71. The number of aliphatic hydroxyl groups excluding tert-OH is 1. The minimum atomic E-state index is -0.205. The lowest BCUT2D eigenvalue weighted by Gasteiger charge is -2.31. The van der Waals surface area contributed by atoms with E-state index in [9.17, 15) is 9.90 Å². The second kappa shape index (κ2) is 7.79. The number of nitrogens with one attached hydrogen (secondary N) is 2. The molecular formula is C19H31N3O3. The monoisotopic (exact) mass is 349 g/mol. The zero-order chi connectivity index (χ0) is 17.9. The Labute approximate surface area is 150 Å². The number of carbonyl (C=O) groups excluding carboxylic acids is 1. The molecule has 140 valence electrons. The van der Waals surface area contributed by atoms with Crippen LogP contribution in [0.15, 0.2) is 16.5 Å². The Bertz CT molecular complexity index is 582. The molecule has 1 aliphatic heterocycles. The van der Waals surface area contributed by atoms with Crippen molar-refractivity contribution in [3.63, 3.8) is 0 Å². The van der Waals surface area contributed by atoms with Crippen molar-refractivity contribution in [3.8, 4) is 0 Å². The fourth-order valence-electron chi connectivity index (χ4n) is 4.16. The molecule has 0 bridgehead atoms. The summed E-state index contributed by atoms with van der Waals surface area (Å²) in [5.41, 5.74) is -0.205. The van der Waals surface area contributed by atoms with E-state index in [1.807, 2.05) is 26.0 Å². The second-order valence-electron chi connectivity index (χ2n) is 7.82. The SMILES string of the molecule is Cc1ccc(C(CNC(=O)NC2CCCC2(C)CO)N2CCCC2)o1. The lowest BCUT2D eigenvalue weighted by Crippen LogP contribution is -2.50. The Kier molecular flexibility index (Phi) is 5.69. The molecule has 1 aromatic rings. The molecule has 6 heteroatoms. The normalized spacial score (nSPS) is 28.2. The molecule has 3 N–H and O–H groups in total. The first kappa shape index (κ1) is 18.3. The van der Waals surface area contributed by atoms with Crippen molar-refractivity contribution in [2.75, 3.05) is 26.2 Å². The summed E-state index contributed by atoms with van der Waals surface area (Å²) < 4.78 is 5.83. The molecule has 6 nitrogen and oxygen atoms in total. The molecule has 1 saturated carbocycles. The molecule has 2 amide bonds. The van der Waals surface area contributed by atoms with Crippen molar-refractivity contribution < 1.29 is 14.3 Å². The number of rotatable bonds is 6. The van der Waals surface area contributed by atoms with Crippen molar-refractivity contribution in [3.05, 3.63) is 23.7 Å². The van der Waals surface area contributed by atoms with Crippen LogP contribution >= 0.6 is 0 Å². The minimum Gasteiger partial charge on any atom is -0.465 e. The Hall–Kier alpha value is -1.53. The van der Waals surface area contributed by atoms with Crippen LogP contribution in [0.25, 0.3) is 0 Å². The van der Waals surface area contributed by atoms with Crippen LogP contribution in [-0.4, -0.2) is 48.3 Å². The van der Waals surface area contributed by atoms with E-state index in [0.29, 0.717) is 6.54 Å². The van der Waals surface area contributed by atoms with Gasteiger partial charge in [-0.1, -0.05) is 13.3 Å². The topological polar surface area (TPSA) is 77.7 Å². The van der Waals surface area contributed by atoms with Gasteiger partial charge < -0.3 is 20.2 Å². The highest BCUT2D eigenvalue weighted by molar-refractivity contribution is 5.74. The molecule has 1 saturated heterocycles. The van der Waals surface area contributed by atoms with Gasteiger partial charge in [0.05, 0.1) is 12.6 Å². The van der Waals surface area contributed by atoms with Gasteiger partial charge in [0.25, 0.3) is 0 Å². The Morgan fingerprint density at radius 2 is 2.16 bits per heavy atom. The molecule has 0 aromatic carbocycles. The molecule has 1 aromatic heterocycles. The van der Waals surface area contributed by atoms with E-state index in [1.165, 1.54) is 12.8 Å². The van der Waals surface area contributed by atoms with Crippen molar-refractivity contribution in [2.45, 2.75) is 58.0 Å². The molecule has 3 rings (SSSR count). The van der Waals surface area contributed by atoms with Crippen LogP contribution < -0.4 is 10.6 Å². The molecule has 25 heavy (non-hydrogen) atoms. The molecule has 2 fully saturated rings. The Balaban J connectivity index is 1.58. The highest BCUT2D eigenvalue weighted by atomic mass is 16.3. The van der Waals surface area contributed by atoms with Crippen molar-refractivity contribution in [2.24, 2.45) is 5.41 Å². The first-order valence-corrected chi connectivity index (χ1v) is 9.47. The molecule has 2 aliphatic rings. The van der Waals surface area contributed by atoms with E-state index in [-0.39, 0.29) is 30.1 Å². The summed E-state index contributed by atoms with van der Waals surface area (Å²) in [6, 6.07) is 3.95. The highest BCUT2D eigenvalue weighted by Gasteiger charge is 2.39. The van der Waals surface area contributed by atoms with Crippen LogP contribution in [0.3, 0.4) is 0 Å². The third-order valence-electron chi connectivity index (χ3n) is 5.88. The van der Waals surface area contributed by atoms with Crippen LogP contribution in [0.2, 0.25) is 0 Å². The molecule has 1 aliphatic carbocycles. The Morgan fingerprint density at radius 1 is 1.40 bits per heavy atom. The lowest BCUT2D eigenvalue weighted by molar-refractivity contribution is 0.120. The van der Waals surface area contributed by atoms with Gasteiger partial charge >= 0.3 is 6.03 Å². The smallest absolute Gasteiger partial charge is 0.315 e. The average molecular weight is 349 g/mol. The second-order valence-corrected chi connectivity index (χ2v) is 7.82. The number of carbonyl (C=O) groups is 1. The van der Waals surface area contributed by atoms with Gasteiger partial charge in [-0.3, -0.25) is 4.90 Å². The van der Waals surface area contributed by atoms with Gasteiger partial charge in [0, 0.05) is 18.0 Å². The van der Waals surface area contributed by atoms with E-state index in [0.717, 1.165) is 43.9 Å². The highest BCUT2D eigenvalue weighted by Crippen LogP contribution is 2.37. The summed E-state index contributed by atoms with van der Waals surface area (Å²) in [5.74, 6) is 1.81. The largest absolute Gasteiger partial charge is 0.465 e.